The van der Waals surface area contributed by atoms with Crippen LogP contribution in [-0.4, -0.2) is 41.2 Å². The number of rotatable bonds is 4. The van der Waals surface area contributed by atoms with Gasteiger partial charge in [-0.15, -0.1) is 0 Å². The highest BCUT2D eigenvalue weighted by Crippen LogP contribution is 2.39. The van der Waals surface area contributed by atoms with Gasteiger partial charge in [0.05, 0.1) is 5.69 Å². The molecule has 0 bridgehead atoms. The van der Waals surface area contributed by atoms with Gasteiger partial charge in [0.2, 0.25) is 5.91 Å². The van der Waals surface area contributed by atoms with Gasteiger partial charge < -0.3 is 10.6 Å². The van der Waals surface area contributed by atoms with Crippen molar-refractivity contribution in [2.75, 3.05) is 17.7 Å². The predicted octanol–water partition coefficient (Wildman–Crippen LogP) is 5.64. The number of amides is 1. The third kappa shape index (κ3) is 4.16. The van der Waals surface area contributed by atoms with Gasteiger partial charge in [-0.25, -0.2) is 4.39 Å². The van der Waals surface area contributed by atoms with Gasteiger partial charge in [-0.05, 0) is 90.4 Å². The standard InChI is InChI=1S/C26H33FN4O/c1-16-12-17(28-15-19-23-20(27)8-7-9-22(23)30-24(19)32)10-11-21(16)29-18-13-25(2,3)31(6)26(4,5)14-18/h7-12,15,18-19,29H,13-14H2,1-6H3,(H,30,32). The van der Waals surface area contributed by atoms with Crippen LogP contribution in [0.25, 0.3) is 0 Å². The zero-order valence-corrected chi connectivity index (χ0v) is 19.8. The number of aliphatic imine (C=N–C) groups is 1. The average molecular weight is 437 g/mol. The molecule has 2 aromatic rings. The fourth-order valence-electron chi connectivity index (χ4n) is 5.19. The molecule has 0 aliphatic carbocycles. The molecule has 1 saturated heterocycles. The maximum atomic E-state index is 14.2. The lowest BCUT2D eigenvalue weighted by Gasteiger charge is -2.54. The SMILES string of the molecule is Cc1cc(N=CC2C(=O)Nc3cccc(F)c32)ccc1NC1CC(C)(C)N(C)C(C)(C)C1. The van der Waals surface area contributed by atoms with E-state index in [-0.39, 0.29) is 17.0 Å². The summed E-state index contributed by atoms with van der Waals surface area (Å²) in [6.07, 6.45) is 3.66. The summed E-state index contributed by atoms with van der Waals surface area (Å²) in [6.45, 7) is 11.3. The van der Waals surface area contributed by atoms with E-state index in [2.05, 4.69) is 62.2 Å². The number of hydrogen-bond acceptors (Lipinski definition) is 4. The van der Waals surface area contributed by atoms with Crippen molar-refractivity contribution >= 4 is 29.2 Å². The molecule has 0 saturated carbocycles. The van der Waals surface area contributed by atoms with Crippen molar-refractivity contribution < 1.29 is 9.18 Å². The van der Waals surface area contributed by atoms with Gasteiger partial charge in [0.1, 0.15) is 11.7 Å². The number of carbonyl (C=O) groups excluding carboxylic acids is 1. The minimum absolute atomic E-state index is 0.116. The molecule has 5 nitrogen and oxygen atoms in total. The summed E-state index contributed by atoms with van der Waals surface area (Å²) in [4.78, 5) is 19.3. The monoisotopic (exact) mass is 436 g/mol. The lowest BCUT2D eigenvalue weighted by Crippen LogP contribution is -2.61. The van der Waals surface area contributed by atoms with E-state index in [0.29, 0.717) is 17.3 Å². The number of anilines is 2. The van der Waals surface area contributed by atoms with Crippen molar-refractivity contribution in [2.45, 2.75) is 70.5 Å². The Labute approximate surface area is 190 Å². The zero-order valence-electron chi connectivity index (χ0n) is 19.8. The van der Waals surface area contributed by atoms with Crippen LogP contribution in [0.5, 0.6) is 0 Å². The first-order valence-corrected chi connectivity index (χ1v) is 11.2. The average Bonchev–Trinajstić information content (AvgIpc) is 3.02. The van der Waals surface area contributed by atoms with E-state index in [1.807, 2.05) is 18.2 Å². The highest BCUT2D eigenvalue weighted by atomic mass is 19.1. The summed E-state index contributed by atoms with van der Waals surface area (Å²) < 4.78 is 14.2. The van der Waals surface area contributed by atoms with Gasteiger partial charge in [-0.1, -0.05) is 6.07 Å². The summed E-state index contributed by atoms with van der Waals surface area (Å²) in [6, 6.07) is 11.0. The first-order chi connectivity index (χ1) is 15.0. The first kappa shape index (κ1) is 22.5. The molecule has 2 aliphatic heterocycles. The zero-order chi connectivity index (χ0) is 23.3. The fraction of sp³-hybridized carbons (Fsp3) is 0.462. The number of likely N-dealkylation sites (tertiary alicyclic amines) is 1. The molecule has 1 fully saturated rings. The second-order valence-electron chi connectivity index (χ2n) is 10.4. The number of aryl methyl sites for hydroxylation is 1. The quantitative estimate of drug-likeness (QED) is 0.610. The molecule has 170 valence electrons. The Bertz CT molecular complexity index is 1060. The molecule has 0 radical (unpaired) electrons. The lowest BCUT2D eigenvalue weighted by molar-refractivity contribution is -0.115. The minimum Gasteiger partial charge on any atom is -0.382 e. The number of benzene rings is 2. The highest BCUT2D eigenvalue weighted by molar-refractivity contribution is 6.12. The number of piperidine rings is 1. The maximum Gasteiger partial charge on any atom is 0.237 e. The van der Waals surface area contributed by atoms with Crippen molar-refractivity contribution in [1.29, 1.82) is 0 Å². The Morgan fingerprint density at radius 1 is 1.16 bits per heavy atom. The van der Waals surface area contributed by atoms with E-state index >= 15 is 0 Å². The van der Waals surface area contributed by atoms with Crippen LogP contribution < -0.4 is 10.6 Å². The maximum absolute atomic E-state index is 14.2. The van der Waals surface area contributed by atoms with Gasteiger partial charge >= 0.3 is 0 Å². The van der Waals surface area contributed by atoms with Crippen LogP contribution in [0.4, 0.5) is 21.5 Å². The molecule has 4 rings (SSSR count). The Hall–Kier alpha value is -2.73. The van der Waals surface area contributed by atoms with Gasteiger partial charge in [0, 0.05) is 40.3 Å². The van der Waals surface area contributed by atoms with Crippen molar-refractivity contribution in [1.82, 2.24) is 4.90 Å². The van der Waals surface area contributed by atoms with E-state index in [9.17, 15) is 9.18 Å². The smallest absolute Gasteiger partial charge is 0.237 e. The Morgan fingerprint density at radius 2 is 1.84 bits per heavy atom. The molecular formula is C26H33FN4O. The van der Waals surface area contributed by atoms with Gasteiger partial charge in [-0.2, -0.15) is 0 Å². The van der Waals surface area contributed by atoms with Crippen LogP contribution in [0.3, 0.4) is 0 Å². The van der Waals surface area contributed by atoms with Crippen LogP contribution in [-0.2, 0) is 4.79 Å². The molecule has 6 heteroatoms. The molecule has 2 aliphatic rings. The predicted molar refractivity (Wildman–Crippen MR) is 130 cm³/mol. The first-order valence-electron chi connectivity index (χ1n) is 11.2. The molecule has 32 heavy (non-hydrogen) atoms. The van der Waals surface area contributed by atoms with Crippen LogP contribution in [0.1, 0.15) is 57.6 Å². The summed E-state index contributed by atoms with van der Waals surface area (Å²) in [5.41, 5.74) is 4.05. The summed E-state index contributed by atoms with van der Waals surface area (Å²) >= 11 is 0. The molecule has 1 atom stereocenters. The van der Waals surface area contributed by atoms with E-state index in [4.69, 9.17) is 0 Å². The molecule has 1 unspecified atom stereocenters. The van der Waals surface area contributed by atoms with Crippen molar-refractivity contribution in [3.63, 3.8) is 0 Å². The topological polar surface area (TPSA) is 56.7 Å². The van der Waals surface area contributed by atoms with E-state index in [0.717, 1.165) is 29.8 Å². The Morgan fingerprint density at radius 3 is 2.50 bits per heavy atom. The van der Waals surface area contributed by atoms with Gasteiger partial charge in [-0.3, -0.25) is 14.7 Å². The van der Waals surface area contributed by atoms with Crippen LogP contribution in [0.2, 0.25) is 0 Å². The fourth-order valence-corrected chi connectivity index (χ4v) is 5.19. The number of nitrogens with one attached hydrogen (secondary N) is 2. The van der Waals surface area contributed by atoms with Crippen LogP contribution in [0, 0.1) is 12.7 Å². The lowest BCUT2D eigenvalue weighted by atomic mass is 9.77. The molecule has 2 N–H and O–H groups in total. The van der Waals surface area contributed by atoms with Crippen LogP contribution >= 0.6 is 0 Å². The van der Waals surface area contributed by atoms with Crippen molar-refractivity contribution in [2.24, 2.45) is 4.99 Å². The molecule has 0 aromatic heterocycles. The number of carbonyl (C=O) groups is 1. The van der Waals surface area contributed by atoms with E-state index in [1.165, 1.54) is 12.3 Å². The van der Waals surface area contributed by atoms with E-state index in [1.54, 1.807) is 12.1 Å². The Kier molecular flexibility index (Phi) is 5.61. The largest absolute Gasteiger partial charge is 0.382 e. The molecule has 0 spiro atoms. The molecular weight excluding hydrogens is 403 g/mol. The van der Waals surface area contributed by atoms with E-state index < -0.39 is 11.7 Å². The minimum atomic E-state index is -0.715. The third-order valence-electron chi connectivity index (χ3n) is 7.15. The second kappa shape index (κ2) is 8.00. The van der Waals surface area contributed by atoms with Crippen molar-refractivity contribution in [3.05, 3.63) is 53.3 Å². The van der Waals surface area contributed by atoms with Crippen LogP contribution in [0.15, 0.2) is 41.4 Å². The van der Waals surface area contributed by atoms with Gasteiger partial charge in [0.15, 0.2) is 0 Å². The number of halogens is 1. The molecule has 2 aromatic carbocycles. The number of fused-ring (bicyclic) bond motifs is 1. The summed E-state index contributed by atoms with van der Waals surface area (Å²) in [5.74, 6) is -1.36. The Balaban J connectivity index is 1.50. The number of hydrogen-bond donors (Lipinski definition) is 2. The summed E-state index contributed by atoms with van der Waals surface area (Å²) in [7, 11) is 2.21. The van der Waals surface area contributed by atoms with Crippen molar-refractivity contribution in [3.8, 4) is 0 Å². The highest BCUT2D eigenvalue weighted by Gasteiger charge is 2.43. The van der Waals surface area contributed by atoms with Gasteiger partial charge in [0.25, 0.3) is 0 Å². The normalized spacial score (nSPS) is 22.7. The number of nitrogens with zero attached hydrogens (tertiary/aromatic N) is 2. The third-order valence-corrected chi connectivity index (χ3v) is 7.15. The molecule has 2 heterocycles. The molecule has 1 amide bonds. The summed E-state index contributed by atoms with van der Waals surface area (Å²) in [5, 5.41) is 6.46. The second-order valence-corrected chi connectivity index (χ2v) is 10.4.